The second-order valence-electron chi connectivity index (χ2n) is 4.27. The predicted octanol–water partition coefficient (Wildman–Crippen LogP) is 1.99. The highest BCUT2D eigenvalue weighted by Gasteiger charge is 2.23. The van der Waals surface area contributed by atoms with Crippen molar-refractivity contribution in [3.05, 3.63) is 28.5 Å². The summed E-state index contributed by atoms with van der Waals surface area (Å²) in [6.45, 7) is -0.170. The molecule has 1 fully saturated rings. The highest BCUT2D eigenvalue weighted by molar-refractivity contribution is 9.10. The zero-order valence-corrected chi connectivity index (χ0v) is 11.6. The normalized spacial score (nSPS) is 13.8. The monoisotopic (exact) mass is 329 g/mol. The molecule has 0 unspecified atom stereocenters. The largest absolute Gasteiger partial charge is 0.374 e. The van der Waals surface area contributed by atoms with Gasteiger partial charge in [-0.05, 0) is 31.0 Å². The van der Waals surface area contributed by atoms with Gasteiger partial charge in [-0.1, -0.05) is 15.9 Å². The van der Waals surface area contributed by atoms with Crippen LogP contribution in [0.5, 0.6) is 0 Å². The molecule has 1 saturated carbocycles. The van der Waals surface area contributed by atoms with Crippen molar-refractivity contribution < 1.29 is 14.0 Å². The van der Waals surface area contributed by atoms with Crippen molar-refractivity contribution >= 4 is 33.6 Å². The number of rotatable bonds is 4. The molecule has 0 radical (unpaired) electrons. The number of imide groups is 1. The maximum atomic E-state index is 13.4. The van der Waals surface area contributed by atoms with Gasteiger partial charge in [-0.15, -0.1) is 0 Å². The van der Waals surface area contributed by atoms with Gasteiger partial charge in [0.1, 0.15) is 5.82 Å². The zero-order chi connectivity index (χ0) is 13.8. The zero-order valence-electron chi connectivity index (χ0n) is 10.0. The Hall–Kier alpha value is -1.63. The van der Waals surface area contributed by atoms with Crippen molar-refractivity contribution in [3.8, 4) is 0 Å². The minimum Gasteiger partial charge on any atom is -0.374 e. The number of anilines is 1. The van der Waals surface area contributed by atoms with Crippen molar-refractivity contribution in [1.29, 1.82) is 0 Å². The standard InChI is InChI=1S/C12H13BrFN3O2/c13-7-1-4-10(9(14)5-7)15-6-11(18)17-12(19)16-8-2-3-8/h1,4-5,8,15H,2-3,6H2,(H2,16,17,18,19). The molecule has 7 heteroatoms. The van der Waals surface area contributed by atoms with Gasteiger partial charge >= 0.3 is 6.03 Å². The van der Waals surface area contributed by atoms with Crippen molar-refractivity contribution in [2.24, 2.45) is 0 Å². The molecule has 0 bridgehead atoms. The van der Waals surface area contributed by atoms with Crippen LogP contribution in [0.1, 0.15) is 12.8 Å². The molecule has 0 aromatic heterocycles. The van der Waals surface area contributed by atoms with Gasteiger partial charge in [0.2, 0.25) is 5.91 Å². The quantitative estimate of drug-likeness (QED) is 0.791. The molecule has 0 heterocycles. The van der Waals surface area contributed by atoms with Crippen molar-refractivity contribution in [2.75, 3.05) is 11.9 Å². The van der Waals surface area contributed by atoms with Crippen LogP contribution in [0.15, 0.2) is 22.7 Å². The average Bonchev–Trinajstić information content (AvgIpc) is 3.11. The molecule has 2 rings (SSSR count). The Balaban J connectivity index is 1.77. The Bertz CT molecular complexity index is 506. The molecule has 0 atom stereocenters. The first-order valence-corrected chi connectivity index (χ1v) is 6.63. The number of carbonyl (C=O) groups excluding carboxylic acids is 2. The van der Waals surface area contributed by atoms with Gasteiger partial charge < -0.3 is 10.6 Å². The summed E-state index contributed by atoms with van der Waals surface area (Å²) in [6, 6.07) is 4.13. The molecule has 19 heavy (non-hydrogen) atoms. The molecule has 3 N–H and O–H groups in total. The van der Waals surface area contributed by atoms with Crippen LogP contribution in [-0.4, -0.2) is 24.5 Å². The highest BCUT2D eigenvalue weighted by atomic mass is 79.9. The van der Waals surface area contributed by atoms with Gasteiger partial charge in [0.05, 0.1) is 12.2 Å². The molecule has 0 saturated heterocycles. The minimum absolute atomic E-state index is 0.170. The third-order valence-electron chi connectivity index (χ3n) is 2.54. The molecule has 1 aromatic rings. The van der Waals surface area contributed by atoms with Crippen LogP contribution < -0.4 is 16.0 Å². The van der Waals surface area contributed by atoms with Gasteiger partial charge in [0.25, 0.3) is 0 Å². The summed E-state index contributed by atoms with van der Waals surface area (Å²) in [5.74, 6) is -0.981. The Morgan fingerprint density at radius 1 is 1.37 bits per heavy atom. The van der Waals surface area contributed by atoms with Crippen LogP contribution in [0, 0.1) is 5.82 Å². The summed E-state index contributed by atoms with van der Waals surface area (Å²) in [5.41, 5.74) is 0.209. The van der Waals surface area contributed by atoms with Crippen LogP contribution >= 0.6 is 15.9 Å². The number of hydrogen-bond acceptors (Lipinski definition) is 3. The van der Waals surface area contributed by atoms with E-state index in [1.165, 1.54) is 12.1 Å². The van der Waals surface area contributed by atoms with E-state index in [2.05, 4.69) is 31.9 Å². The number of benzene rings is 1. The summed E-state index contributed by atoms with van der Waals surface area (Å²) in [6.07, 6.45) is 1.90. The van der Waals surface area contributed by atoms with Crippen LogP contribution in [0.25, 0.3) is 0 Å². The van der Waals surface area contributed by atoms with Crippen LogP contribution in [0.3, 0.4) is 0 Å². The van der Waals surface area contributed by atoms with E-state index < -0.39 is 17.8 Å². The second-order valence-corrected chi connectivity index (χ2v) is 5.19. The Morgan fingerprint density at radius 3 is 2.74 bits per heavy atom. The molecular formula is C12H13BrFN3O2. The molecule has 1 aliphatic carbocycles. The van der Waals surface area contributed by atoms with E-state index in [1.807, 2.05) is 0 Å². The number of hydrogen-bond donors (Lipinski definition) is 3. The molecule has 102 valence electrons. The van der Waals surface area contributed by atoms with Gasteiger partial charge in [0.15, 0.2) is 0 Å². The predicted molar refractivity (Wildman–Crippen MR) is 72.3 cm³/mol. The number of carbonyl (C=O) groups is 2. The first kappa shape index (κ1) is 13.8. The first-order valence-electron chi connectivity index (χ1n) is 5.84. The number of halogens is 2. The SMILES string of the molecule is O=C(CNc1ccc(Br)cc1F)NC(=O)NC1CC1. The van der Waals surface area contributed by atoms with Gasteiger partial charge in [-0.3, -0.25) is 10.1 Å². The fraction of sp³-hybridized carbons (Fsp3) is 0.333. The Morgan fingerprint density at radius 2 is 2.11 bits per heavy atom. The lowest BCUT2D eigenvalue weighted by molar-refractivity contribution is -0.118. The van der Waals surface area contributed by atoms with Gasteiger partial charge in [-0.25, -0.2) is 9.18 Å². The highest BCUT2D eigenvalue weighted by Crippen LogP contribution is 2.19. The van der Waals surface area contributed by atoms with E-state index in [-0.39, 0.29) is 18.3 Å². The molecule has 5 nitrogen and oxygen atoms in total. The molecule has 3 amide bonds. The fourth-order valence-corrected chi connectivity index (χ4v) is 1.76. The van der Waals surface area contributed by atoms with Crippen LogP contribution in [0.2, 0.25) is 0 Å². The van der Waals surface area contributed by atoms with Gasteiger partial charge in [0, 0.05) is 10.5 Å². The van der Waals surface area contributed by atoms with E-state index >= 15 is 0 Å². The molecule has 0 aliphatic heterocycles. The van der Waals surface area contributed by atoms with Crippen molar-refractivity contribution in [2.45, 2.75) is 18.9 Å². The van der Waals surface area contributed by atoms with Gasteiger partial charge in [-0.2, -0.15) is 0 Å². The molecule has 1 aromatic carbocycles. The van der Waals surface area contributed by atoms with Crippen LogP contribution in [0.4, 0.5) is 14.9 Å². The summed E-state index contributed by atoms with van der Waals surface area (Å²) in [7, 11) is 0. The fourth-order valence-electron chi connectivity index (χ4n) is 1.43. The maximum absolute atomic E-state index is 13.4. The first-order chi connectivity index (χ1) is 9.04. The molecular weight excluding hydrogens is 317 g/mol. The van der Waals surface area contributed by atoms with E-state index in [0.717, 1.165) is 12.8 Å². The smallest absolute Gasteiger partial charge is 0.321 e. The summed E-state index contributed by atoms with van der Waals surface area (Å²) in [5, 5.41) is 7.42. The summed E-state index contributed by atoms with van der Waals surface area (Å²) >= 11 is 3.14. The summed E-state index contributed by atoms with van der Waals surface area (Å²) in [4.78, 5) is 22.7. The molecule has 0 spiro atoms. The number of nitrogens with one attached hydrogen (secondary N) is 3. The maximum Gasteiger partial charge on any atom is 0.321 e. The van der Waals surface area contributed by atoms with Crippen LogP contribution in [-0.2, 0) is 4.79 Å². The van der Waals surface area contributed by atoms with E-state index in [1.54, 1.807) is 6.07 Å². The van der Waals surface area contributed by atoms with Crippen molar-refractivity contribution in [1.82, 2.24) is 10.6 Å². The Labute approximate surface area is 118 Å². The number of urea groups is 1. The lowest BCUT2D eigenvalue weighted by Gasteiger charge is -2.08. The van der Waals surface area contributed by atoms with E-state index in [4.69, 9.17) is 0 Å². The topological polar surface area (TPSA) is 70.2 Å². The minimum atomic E-state index is -0.513. The number of amides is 3. The average molecular weight is 330 g/mol. The lowest BCUT2D eigenvalue weighted by atomic mass is 10.3. The Kier molecular flexibility index (Phi) is 4.36. The lowest BCUT2D eigenvalue weighted by Crippen LogP contribution is -2.42. The van der Waals surface area contributed by atoms with E-state index in [0.29, 0.717) is 4.47 Å². The summed E-state index contributed by atoms with van der Waals surface area (Å²) < 4.78 is 14.1. The second kappa shape index (κ2) is 6.01. The van der Waals surface area contributed by atoms with E-state index in [9.17, 15) is 14.0 Å². The van der Waals surface area contributed by atoms with Crippen molar-refractivity contribution in [3.63, 3.8) is 0 Å². The third-order valence-corrected chi connectivity index (χ3v) is 3.03. The third kappa shape index (κ3) is 4.51. The molecule has 1 aliphatic rings.